The first-order valence-corrected chi connectivity index (χ1v) is 7.15. The van der Waals surface area contributed by atoms with Gasteiger partial charge in [-0.2, -0.15) is 4.31 Å². The third-order valence-corrected chi connectivity index (χ3v) is 4.49. The summed E-state index contributed by atoms with van der Waals surface area (Å²) in [6.07, 6.45) is 2.88. The van der Waals surface area contributed by atoms with Crippen molar-refractivity contribution in [2.75, 3.05) is 12.8 Å². The predicted molar refractivity (Wildman–Crippen MR) is 73.7 cm³/mol. The van der Waals surface area contributed by atoms with Crippen molar-refractivity contribution >= 4 is 15.7 Å². The quantitative estimate of drug-likeness (QED) is 0.859. The van der Waals surface area contributed by atoms with Crippen LogP contribution in [0, 0.1) is 0 Å². The molecular weight excluding hydrogens is 262 g/mol. The van der Waals surface area contributed by atoms with Crippen molar-refractivity contribution in [2.45, 2.75) is 11.4 Å². The molecule has 2 N–H and O–H groups in total. The summed E-state index contributed by atoms with van der Waals surface area (Å²) in [6, 6.07) is 10.3. The molecule has 0 saturated carbocycles. The van der Waals surface area contributed by atoms with Crippen LogP contribution >= 0.6 is 0 Å². The highest BCUT2D eigenvalue weighted by Crippen LogP contribution is 2.16. The average Bonchev–Trinajstić information content (AvgIpc) is 2.39. The molecule has 0 fully saturated rings. The molecule has 5 nitrogen and oxygen atoms in total. The Labute approximate surface area is 112 Å². The minimum Gasteiger partial charge on any atom is -0.399 e. The number of sulfonamides is 1. The van der Waals surface area contributed by atoms with Crippen molar-refractivity contribution in [3.8, 4) is 0 Å². The molecule has 0 spiro atoms. The largest absolute Gasteiger partial charge is 0.399 e. The molecule has 1 aromatic heterocycles. The Kier molecular flexibility index (Phi) is 3.82. The predicted octanol–water partition coefficient (Wildman–Crippen LogP) is 1.48. The standard InChI is InChI=1S/C13H15N3O2S/c1-16(10-11-4-2-5-12(14)8-11)19(17,18)13-6-3-7-15-9-13/h2-9H,10,14H2,1H3. The molecule has 0 aliphatic heterocycles. The lowest BCUT2D eigenvalue weighted by Gasteiger charge is -2.17. The maximum absolute atomic E-state index is 12.3. The Morgan fingerprint density at radius 2 is 2.05 bits per heavy atom. The minimum atomic E-state index is -3.52. The molecule has 2 rings (SSSR count). The van der Waals surface area contributed by atoms with E-state index in [1.165, 1.54) is 29.8 Å². The van der Waals surface area contributed by atoms with Gasteiger partial charge in [-0.25, -0.2) is 8.42 Å². The molecule has 0 amide bonds. The van der Waals surface area contributed by atoms with Crippen LogP contribution in [0.3, 0.4) is 0 Å². The number of nitrogens with two attached hydrogens (primary N) is 1. The van der Waals surface area contributed by atoms with Gasteiger partial charge in [0.25, 0.3) is 0 Å². The van der Waals surface area contributed by atoms with Gasteiger partial charge in [-0.05, 0) is 29.8 Å². The van der Waals surface area contributed by atoms with Gasteiger partial charge in [0.2, 0.25) is 10.0 Å². The van der Waals surface area contributed by atoms with E-state index in [1.807, 2.05) is 6.07 Å². The number of hydrogen-bond acceptors (Lipinski definition) is 4. The second kappa shape index (κ2) is 5.38. The van der Waals surface area contributed by atoms with Gasteiger partial charge in [0.15, 0.2) is 0 Å². The van der Waals surface area contributed by atoms with Gasteiger partial charge in [-0.3, -0.25) is 4.98 Å². The maximum atomic E-state index is 12.3. The van der Waals surface area contributed by atoms with E-state index in [0.29, 0.717) is 5.69 Å². The zero-order valence-corrected chi connectivity index (χ0v) is 11.3. The molecular formula is C13H15N3O2S. The van der Waals surface area contributed by atoms with E-state index in [2.05, 4.69) is 4.98 Å². The molecule has 19 heavy (non-hydrogen) atoms. The molecule has 1 aromatic carbocycles. The summed E-state index contributed by atoms with van der Waals surface area (Å²) in [5.74, 6) is 0. The smallest absolute Gasteiger partial charge is 0.244 e. The third-order valence-electron chi connectivity index (χ3n) is 2.70. The zero-order chi connectivity index (χ0) is 13.9. The van der Waals surface area contributed by atoms with Crippen LogP contribution in [0.4, 0.5) is 5.69 Å². The Hall–Kier alpha value is -1.92. The second-order valence-electron chi connectivity index (χ2n) is 4.19. The van der Waals surface area contributed by atoms with E-state index < -0.39 is 10.0 Å². The number of pyridine rings is 1. The molecule has 0 unspecified atom stereocenters. The number of benzene rings is 1. The molecule has 0 radical (unpaired) electrons. The molecule has 0 bridgehead atoms. The Bertz CT molecular complexity index is 657. The molecule has 0 aliphatic rings. The van der Waals surface area contributed by atoms with Gasteiger partial charge in [-0.15, -0.1) is 0 Å². The number of hydrogen-bond donors (Lipinski definition) is 1. The van der Waals surface area contributed by atoms with Crippen molar-refractivity contribution in [3.63, 3.8) is 0 Å². The first-order valence-electron chi connectivity index (χ1n) is 5.71. The lowest BCUT2D eigenvalue weighted by Crippen LogP contribution is -2.26. The van der Waals surface area contributed by atoms with Crippen molar-refractivity contribution < 1.29 is 8.42 Å². The highest BCUT2D eigenvalue weighted by molar-refractivity contribution is 7.89. The van der Waals surface area contributed by atoms with Crippen LogP contribution in [-0.2, 0) is 16.6 Å². The van der Waals surface area contributed by atoms with Crippen LogP contribution in [0.5, 0.6) is 0 Å². The first-order chi connectivity index (χ1) is 9.00. The lowest BCUT2D eigenvalue weighted by atomic mass is 10.2. The molecule has 1 heterocycles. The summed E-state index contributed by atoms with van der Waals surface area (Å²) in [5, 5.41) is 0. The van der Waals surface area contributed by atoms with Gasteiger partial charge in [0.1, 0.15) is 4.90 Å². The average molecular weight is 277 g/mol. The summed E-state index contributed by atoms with van der Waals surface area (Å²) < 4.78 is 25.8. The van der Waals surface area contributed by atoms with Crippen LogP contribution in [0.25, 0.3) is 0 Å². The highest BCUT2D eigenvalue weighted by Gasteiger charge is 2.20. The normalized spacial score (nSPS) is 11.7. The second-order valence-corrected chi connectivity index (χ2v) is 6.24. The summed E-state index contributed by atoms with van der Waals surface area (Å²) >= 11 is 0. The van der Waals surface area contributed by atoms with Gasteiger partial charge >= 0.3 is 0 Å². The van der Waals surface area contributed by atoms with E-state index in [-0.39, 0.29) is 11.4 Å². The molecule has 100 valence electrons. The van der Waals surface area contributed by atoms with Gasteiger partial charge in [0, 0.05) is 31.7 Å². The highest BCUT2D eigenvalue weighted by atomic mass is 32.2. The van der Waals surface area contributed by atoms with Crippen LogP contribution in [0.1, 0.15) is 5.56 Å². The van der Waals surface area contributed by atoms with E-state index in [4.69, 9.17) is 5.73 Å². The van der Waals surface area contributed by atoms with E-state index >= 15 is 0 Å². The summed E-state index contributed by atoms with van der Waals surface area (Å²) in [4.78, 5) is 4.01. The topological polar surface area (TPSA) is 76.3 Å². The minimum absolute atomic E-state index is 0.182. The van der Waals surface area contributed by atoms with Gasteiger partial charge in [-0.1, -0.05) is 12.1 Å². The van der Waals surface area contributed by atoms with Crippen molar-refractivity contribution in [1.82, 2.24) is 9.29 Å². The van der Waals surface area contributed by atoms with Crippen LogP contribution < -0.4 is 5.73 Å². The Morgan fingerprint density at radius 1 is 1.26 bits per heavy atom. The van der Waals surface area contributed by atoms with Crippen molar-refractivity contribution in [2.24, 2.45) is 0 Å². The summed E-state index contributed by atoms with van der Waals surface area (Å²) in [6.45, 7) is 0.266. The third kappa shape index (κ3) is 3.10. The van der Waals surface area contributed by atoms with Gasteiger partial charge < -0.3 is 5.73 Å². The molecule has 2 aromatic rings. The molecule has 0 aliphatic carbocycles. The summed E-state index contributed by atoms with van der Waals surface area (Å²) in [5.41, 5.74) is 7.13. The zero-order valence-electron chi connectivity index (χ0n) is 10.5. The van der Waals surface area contributed by atoms with Crippen LogP contribution in [-0.4, -0.2) is 24.8 Å². The monoisotopic (exact) mass is 277 g/mol. The SMILES string of the molecule is CN(Cc1cccc(N)c1)S(=O)(=O)c1cccnc1. The number of aromatic nitrogens is 1. The van der Waals surface area contributed by atoms with Crippen molar-refractivity contribution in [3.05, 3.63) is 54.4 Å². The Balaban J connectivity index is 2.23. The molecule has 0 saturated heterocycles. The fourth-order valence-electron chi connectivity index (χ4n) is 1.71. The number of nitrogens with zero attached hydrogens (tertiary/aromatic N) is 2. The number of anilines is 1. The fraction of sp³-hybridized carbons (Fsp3) is 0.154. The van der Waals surface area contributed by atoms with Crippen molar-refractivity contribution in [1.29, 1.82) is 0 Å². The lowest BCUT2D eigenvalue weighted by molar-refractivity contribution is 0.466. The first kappa shape index (κ1) is 13.5. The molecule has 0 atom stereocenters. The van der Waals surface area contributed by atoms with Crippen LogP contribution in [0.2, 0.25) is 0 Å². The molecule has 6 heteroatoms. The maximum Gasteiger partial charge on any atom is 0.244 e. The Morgan fingerprint density at radius 3 is 2.68 bits per heavy atom. The van der Waals surface area contributed by atoms with E-state index in [1.54, 1.807) is 24.3 Å². The summed E-state index contributed by atoms with van der Waals surface area (Å²) in [7, 11) is -1.99. The van der Waals surface area contributed by atoms with Gasteiger partial charge in [0.05, 0.1) is 0 Å². The fourth-order valence-corrected chi connectivity index (χ4v) is 2.84. The van der Waals surface area contributed by atoms with E-state index in [0.717, 1.165) is 5.56 Å². The number of nitrogen functional groups attached to an aromatic ring is 1. The number of rotatable bonds is 4. The van der Waals surface area contributed by atoms with Crippen LogP contribution in [0.15, 0.2) is 53.7 Å². The van der Waals surface area contributed by atoms with E-state index in [9.17, 15) is 8.42 Å².